The summed E-state index contributed by atoms with van der Waals surface area (Å²) in [7, 11) is 0. The first kappa shape index (κ1) is 12.6. The van der Waals surface area contributed by atoms with Crippen LogP contribution in [-0.4, -0.2) is 21.2 Å². The van der Waals surface area contributed by atoms with E-state index in [1.165, 1.54) is 0 Å². The molecule has 1 heterocycles. The Labute approximate surface area is 108 Å². The number of rotatable bonds is 5. The fourth-order valence-corrected chi connectivity index (χ4v) is 2.16. The first-order valence-electron chi connectivity index (χ1n) is 5.36. The van der Waals surface area contributed by atoms with Crippen molar-refractivity contribution in [1.29, 1.82) is 0 Å². The third-order valence-electron chi connectivity index (χ3n) is 2.21. The summed E-state index contributed by atoms with van der Waals surface area (Å²) in [5.41, 5.74) is 0.792. The molecule has 6 heteroatoms. The van der Waals surface area contributed by atoms with Crippen molar-refractivity contribution in [2.75, 3.05) is 0 Å². The lowest BCUT2D eigenvalue weighted by atomic mass is 10.2. The van der Waals surface area contributed by atoms with Gasteiger partial charge in [0.2, 0.25) is 5.89 Å². The molecular weight excluding hydrogens is 252 g/mol. The van der Waals surface area contributed by atoms with Crippen LogP contribution in [-0.2, 0) is 17.0 Å². The Morgan fingerprint density at radius 3 is 2.67 bits per heavy atom. The fourth-order valence-electron chi connectivity index (χ4n) is 1.42. The lowest BCUT2D eigenvalue weighted by Gasteiger charge is -2.00. The maximum Gasteiger partial charge on any atom is 0.307 e. The van der Waals surface area contributed by atoms with Gasteiger partial charge in [-0.15, -0.1) is 11.8 Å². The zero-order valence-corrected chi connectivity index (χ0v) is 10.6. The zero-order valence-electron chi connectivity index (χ0n) is 9.79. The standard InChI is InChI=1S/C12H12N2O3S/c1-8-13-11(17-14-8)7-18-10-4-2-9(3-5-10)6-12(15)16/h2-5H,6-7H2,1H3,(H,15,16). The van der Waals surface area contributed by atoms with Crippen molar-refractivity contribution >= 4 is 17.7 Å². The maximum atomic E-state index is 10.5. The van der Waals surface area contributed by atoms with Crippen molar-refractivity contribution in [3.63, 3.8) is 0 Å². The molecule has 2 rings (SSSR count). The van der Waals surface area contributed by atoms with Gasteiger partial charge in [-0.2, -0.15) is 4.98 Å². The third kappa shape index (κ3) is 3.59. The van der Waals surface area contributed by atoms with E-state index in [1.807, 2.05) is 24.3 Å². The first-order valence-corrected chi connectivity index (χ1v) is 6.35. The van der Waals surface area contributed by atoms with Crippen LogP contribution in [0, 0.1) is 6.92 Å². The molecule has 0 aliphatic carbocycles. The SMILES string of the molecule is Cc1noc(CSc2ccc(CC(=O)O)cc2)n1. The molecule has 5 nitrogen and oxygen atoms in total. The monoisotopic (exact) mass is 264 g/mol. The number of benzene rings is 1. The van der Waals surface area contributed by atoms with E-state index in [0.29, 0.717) is 17.5 Å². The van der Waals surface area contributed by atoms with Gasteiger partial charge in [-0.3, -0.25) is 4.79 Å². The van der Waals surface area contributed by atoms with Gasteiger partial charge < -0.3 is 9.63 Å². The van der Waals surface area contributed by atoms with Gasteiger partial charge in [0.25, 0.3) is 0 Å². The topological polar surface area (TPSA) is 76.2 Å². The van der Waals surface area contributed by atoms with E-state index < -0.39 is 5.97 Å². The highest BCUT2D eigenvalue weighted by atomic mass is 32.2. The number of carbonyl (C=O) groups is 1. The summed E-state index contributed by atoms with van der Waals surface area (Å²) in [6, 6.07) is 7.42. The van der Waals surface area contributed by atoms with Crippen molar-refractivity contribution in [2.45, 2.75) is 24.0 Å². The predicted octanol–water partition coefficient (Wildman–Crippen LogP) is 2.30. The van der Waals surface area contributed by atoms with Crippen molar-refractivity contribution in [1.82, 2.24) is 10.1 Å². The highest BCUT2D eigenvalue weighted by Crippen LogP contribution is 2.22. The van der Waals surface area contributed by atoms with Crippen LogP contribution >= 0.6 is 11.8 Å². The highest BCUT2D eigenvalue weighted by molar-refractivity contribution is 7.98. The number of aromatic nitrogens is 2. The molecule has 0 spiro atoms. The van der Waals surface area contributed by atoms with Gasteiger partial charge in [-0.25, -0.2) is 0 Å². The van der Waals surface area contributed by atoms with Crippen LogP contribution in [0.2, 0.25) is 0 Å². The third-order valence-corrected chi connectivity index (χ3v) is 3.21. The van der Waals surface area contributed by atoms with E-state index in [0.717, 1.165) is 10.5 Å². The molecule has 18 heavy (non-hydrogen) atoms. The van der Waals surface area contributed by atoms with Gasteiger partial charge in [0.05, 0.1) is 12.2 Å². The second-order valence-electron chi connectivity index (χ2n) is 3.74. The Balaban J connectivity index is 1.92. The van der Waals surface area contributed by atoms with Crippen LogP contribution < -0.4 is 0 Å². The van der Waals surface area contributed by atoms with Crippen molar-refractivity contribution in [3.05, 3.63) is 41.5 Å². The van der Waals surface area contributed by atoms with Crippen molar-refractivity contribution in [2.24, 2.45) is 0 Å². The smallest absolute Gasteiger partial charge is 0.307 e. The largest absolute Gasteiger partial charge is 0.481 e. The summed E-state index contributed by atoms with van der Waals surface area (Å²) in [5.74, 6) is 1.00. The lowest BCUT2D eigenvalue weighted by molar-refractivity contribution is -0.136. The first-order chi connectivity index (χ1) is 8.63. The van der Waals surface area contributed by atoms with Gasteiger partial charge in [0.15, 0.2) is 5.82 Å². The molecule has 0 saturated heterocycles. The summed E-state index contributed by atoms with van der Waals surface area (Å²) < 4.78 is 5.00. The molecule has 0 aliphatic rings. The molecular formula is C12H12N2O3S. The number of carboxylic acid groups (broad SMARTS) is 1. The normalized spacial score (nSPS) is 10.5. The minimum absolute atomic E-state index is 0.0494. The number of hydrogen-bond acceptors (Lipinski definition) is 5. The number of hydrogen-bond donors (Lipinski definition) is 1. The molecule has 0 amide bonds. The molecule has 0 unspecified atom stereocenters. The number of carboxylic acids is 1. The van der Waals surface area contributed by atoms with Crippen LogP contribution in [0.3, 0.4) is 0 Å². The second-order valence-corrected chi connectivity index (χ2v) is 4.79. The van der Waals surface area contributed by atoms with Gasteiger partial charge in [0.1, 0.15) is 0 Å². The number of aliphatic carboxylic acids is 1. The molecule has 2 aromatic rings. The van der Waals surface area contributed by atoms with E-state index in [2.05, 4.69) is 10.1 Å². The number of thioether (sulfide) groups is 1. The average molecular weight is 264 g/mol. The molecule has 0 bridgehead atoms. The minimum atomic E-state index is -0.822. The predicted molar refractivity (Wildman–Crippen MR) is 66.4 cm³/mol. The maximum absolute atomic E-state index is 10.5. The zero-order chi connectivity index (χ0) is 13.0. The van der Waals surface area contributed by atoms with Crippen molar-refractivity contribution in [3.8, 4) is 0 Å². The molecule has 0 saturated carbocycles. The van der Waals surface area contributed by atoms with E-state index >= 15 is 0 Å². The quantitative estimate of drug-likeness (QED) is 0.835. The average Bonchev–Trinajstić information content (AvgIpc) is 2.74. The number of aryl methyl sites for hydroxylation is 1. The molecule has 1 aromatic carbocycles. The van der Waals surface area contributed by atoms with Gasteiger partial charge in [-0.05, 0) is 24.6 Å². The Bertz CT molecular complexity index is 537. The van der Waals surface area contributed by atoms with E-state index in [4.69, 9.17) is 9.63 Å². The molecule has 94 valence electrons. The molecule has 0 radical (unpaired) electrons. The second kappa shape index (κ2) is 5.68. The summed E-state index contributed by atoms with van der Waals surface area (Å²) in [6.07, 6.45) is 0.0494. The van der Waals surface area contributed by atoms with E-state index in [-0.39, 0.29) is 6.42 Å². The van der Waals surface area contributed by atoms with E-state index in [9.17, 15) is 4.79 Å². The van der Waals surface area contributed by atoms with E-state index in [1.54, 1.807) is 18.7 Å². The Morgan fingerprint density at radius 1 is 1.39 bits per heavy atom. The Hall–Kier alpha value is -1.82. The molecule has 1 N–H and O–H groups in total. The minimum Gasteiger partial charge on any atom is -0.481 e. The summed E-state index contributed by atoms with van der Waals surface area (Å²) in [4.78, 5) is 15.7. The highest BCUT2D eigenvalue weighted by Gasteiger charge is 2.04. The molecule has 0 fully saturated rings. The number of nitrogens with zero attached hydrogens (tertiary/aromatic N) is 2. The summed E-state index contributed by atoms with van der Waals surface area (Å²) in [5, 5.41) is 12.4. The molecule has 0 atom stereocenters. The van der Waals surface area contributed by atoms with Gasteiger partial charge >= 0.3 is 5.97 Å². The Kier molecular flexibility index (Phi) is 3.99. The van der Waals surface area contributed by atoms with Crippen molar-refractivity contribution < 1.29 is 14.4 Å². The molecule has 0 aliphatic heterocycles. The van der Waals surface area contributed by atoms with Gasteiger partial charge in [0, 0.05) is 4.90 Å². The van der Waals surface area contributed by atoms with Crippen LogP contribution in [0.25, 0.3) is 0 Å². The van der Waals surface area contributed by atoms with Crippen LogP contribution in [0.15, 0.2) is 33.7 Å². The van der Waals surface area contributed by atoms with Crippen LogP contribution in [0.1, 0.15) is 17.3 Å². The van der Waals surface area contributed by atoms with Crippen LogP contribution in [0.4, 0.5) is 0 Å². The van der Waals surface area contributed by atoms with Gasteiger partial charge in [-0.1, -0.05) is 17.3 Å². The molecule has 1 aromatic heterocycles. The lowest BCUT2D eigenvalue weighted by Crippen LogP contribution is -1.99. The Morgan fingerprint density at radius 2 is 2.11 bits per heavy atom. The van der Waals surface area contributed by atoms with Crippen LogP contribution in [0.5, 0.6) is 0 Å². The summed E-state index contributed by atoms with van der Waals surface area (Å²) in [6.45, 7) is 1.78. The fraction of sp³-hybridized carbons (Fsp3) is 0.250. The summed E-state index contributed by atoms with van der Waals surface area (Å²) >= 11 is 1.57.